The van der Waals surface area contributed by atoms with Gasteiger partial charge in [-0.15, -0.1) is 35.3 Å². The minimum Gasteiger partial charge on any atom is -0.357 e. The topological polar surface area (TPSA) is 87.9 Å². The Kier molecular flexibility index (Phi) is 8.25. The maximum absolute atomic E-state index is 11.5. The molecule has 1 aromatic carbocycles. The number of fused-ring (bicyclic) bond motifs is 1. The van der Waals surface area contributed by atoms with Crippen LogP contribution in [0.5, 0.6) is 0 Å². The number of guanidine groups is 1. The highest BCUT2D eigenvalue weighted by Gasteiger charge is 2.06. The molecule has 152 valence electrons. The third-order valence-electron chi connectivity index (χ3n) is 3.94. The molecule has 0 spiro atoms. The number of imidazole rings is 1. The maximum atomic E-state index is 11.5. The lowest BCUT2D eigenvalue weighted by atomic mass is 10.1. The number of aromatic nitrogens is 2. The van der Waals surface area contributed by atoms with Crippen LogP contribution >= 0.6 is 35.3 Å². The highest BCUT2D eigenvalue weighted by Crippen LogP contribution is 2.12. The molecule has 0 atom stereocenters. The summed E-state index contributed by atoms with van der Waals surface area (Å²) in [6, 6.07) is 6.99. The van der Waals surface area contributed by atoms with Gasteiger partial charge in [-0.05, 0) is 31.0 Å². The summed E-state index contributed by atoms with van der Waals surface area (Å²) in [6.45, 7) is 4.00. The molecule has 0 saturated heterocycles. The first-order valence-electron chi connectivity index (χ1n) is 8.68. The van der Waals surface area contributed by atoms with Gasteiger partial charge in [0.25, 0.3) is 0 Å². The van der Waals surface area contributed by atoms with Crippen LogP contribution < -0.4 is 10.6 Å². The third-order valence-corrected chi connectivity index (χ3v) is 5.84. The fourth-order valence-corrected chi connectivity index (χ4v) is 3.93. The second-order valence-corrected chi connectivity index (χ2v) is 9.00. The molecule has 0 radical (unpaired) electrons. The number of nitrogens with zero attached hydrogens (tertiary/aromatic N) is 3. The average Bonchev–Trinajstić information content (AvgIpc) is 3.21. The summed E-state index contributed by atoms with van der Waals surface area (Å²) in [5.74, 6) is 0.738. The number of nitrogens with one attached hydrogen (secondary N) is 2. The Labute approximate surface area is 186 Å². The first-order chi connectivity index (χ1) is 13.0. The normalized spacial score (nSPS) is 12.0. The summed E-state index contributed by atoms with van der Waals surface area (Å²) < 4.78 is 25.0. The number of halogens is 1. The molecule has 0 saturated carbocycles. The van der Waals surface area contributed by atoms with Gasteiger partial charge >= 0.3 is 0 Å². The van der Waals surface area contributed by atoms with Gasteiger partial charge in [0.05, 0.1) is 17.1 Å². The summed E-state index contributed by atoms with van der Waals surface area (Å²) >= 11 is 1.60. The van der Waals surface area contributed by atoms with Crippen LogP contribution in [0.15, 0.2) is 51.9 Å². The van der Waals surface area contributed by atoms with Crippen molar-refractivity contribution in [3.8, 4) is 0 Å². The standard InChI is InChI=1S/C18H23N5O2S2.HI/c1-3-19-17(21-12-15-13-23-10-11-26-18(23)22-15)20-9-8-14-4-6-16(7-5-14)27(2,24)25;/h4-7,10-11,13H,3,8-9,12H2,1-2H3,(H2,19,20,21);1H. The summed E-state index contributed by atoms with van der Waals surface area (Å²) in [4.78, 5) is 10.4. The van der Waals surface area contributed by atoms with Gasteiger partial charge in [0.2, 0.25) is 0 Å². The summed E-state index contributed by atoms with van der Waals surface area (Å²) in [5, 5.41) is 8.53. The minimum atomic E-state index is -3.15. The summed E-state index contributed by atoms with van der Waals surface area (Å²) in [7, 11) is -3.15. The molecule has 10 heteroatoms. The summed E-state index contributed by atoms with van der Waals surface area (Å²) in [5.41, 5.74) is 2.00. The molecule has 0 aliphatic carbocycles. The van der Waals surface area contributed by atoms with E-state index in [2.05, 4.69) is 20.6 Å². The van der Waals surface area contributed by atoms with Crippen molar-refractivity contribution in [2.45, 2.75) is 24.8 Å². The van der Waals surface area contributed by atoms with Crippen molar-refractivity contribution in [1.29, 1.82) is 0 Å². The number of benzene rings is 1. The van der Waals surface area contributed by atoms with E-state index in [0.29, 0.717) is 18.0 Å². The third kappa shape index (κ3) is 6.17. The molecular weight excluding hydrogens is 509 g/mol. The predicted molar refractivity (Wildman–Crippen MR) is 125 cm³/mol. The SMILES string of the molecule is CCNC(=NCc1cn2ccsc2n1)NCCc1ccc(S(C)(=O)=O)cc1.I. The Hall–Kier alpha value is -1.66. The Bertz CT molecular complexity index is 997. The van der Waals surface area contributed by atoms with E-state index in [9.17, 15) is 8.42 Å². The second kappa shape index (κ2) is 10.2. The van der Waals surface area contributed by atoms with Gasteiger partial charge in [0.15, 0.2) is 20.8 Å². The Balaban J connectivity index is 0.00000280. The second-order valence-electron chi connectivity index (χ2n) is 6.11. The van der Waals surface area contributed by atoms with Gasteiger partial charge in [-0.25, -0.2) is 18.4 Å². The fourth-order valence-electron chi connectivity index (χ4n) is 2.58. The van der Waals surface area contributed by atoms with Crippen LogP contribution in [0.1, 0.15) is 18.2 Å². The predicted octanol–water partition coefficient (Wildman–Crippen LogP) is 2.72. The molecule has 0 aliphatic rings. The van der Waals surface area contributed by atoms with Crippen molar-refractivity contribution in [3.05, 3.63) is 53.3 Å². The van der Waals surface area contributed by atoms with Gasteiger partial charge in [-0.1, -0.05) is 12.1 Å². The average molecular weight is 533 g/mol. The number of hydrogen-bond acceptors (Lipinski definition) is 5. The molecule has 2 aromatic heterocycles. The molecule has 0 unspecified atom stereocenters. The smallest absolute Gasteiger partial charge is 0.193 e. The van der Waals surface area contributed by atoms with Crippen molar-refractivity contribution in [1.82, 2.24) is 20.0 Å². The number of aliphatic imine (C=N–C) groups is 1. The molecule has 7 nitrogen and oxygen atoms in total. The molecule has 2 N–H and O–H groups in total. The van der Waals surface area contributed by atoms with Gasteiger partial charge in [0.1, 0.15) is 0 Å². The Morgan fingerprint density at radius 1 is 1.25 bits per heavy atom. The van der Waals surface area contributed by atoms with Crippen molar-refractivity contribution in [2.24, 2.45) is 4.99 Å². The van der Waals surface area contributed by atoms with E-state index in [1.54, 1.807) is 23.5 Å². The van der Waals surface area contributed by atoms with Crippen molar-refractivity contribution < 1.29 is 8.42 Å². The van der Waals surface area contributed by atoms with E-state index in [1.807, 2.05) is 41.2 Å². The lowest BCUT2D eigenvalue weighted by Crippen LogP contribution is -2.38. The van der Waals surface area contributed by atoms with Gasteiger partial charge < -0.3 is 10.6 Å². The van der Waals surface area contributed by atoms with Crippen LogP contribution in [-0.4, -0.2) is 43.1 Å². The van der Waals surface area contributed by atoms with Crippen LogP contribution in [0.2, 0.25) is 0 Å². The molecule has 0 aliphatic heterocycles. The van der Waals surface area contributed by atoms with Crippen molar-refractivity contribution in [3.63, 3.8) is 0 Å². The van der Waals surface area contributed by atoms with Crippen LogP contribution in [0.25, 0.3) is 4.96 Å². The lowest BCUT2D eigenvalue weighted by Gasteiger charge is -2.11. The molecule has 0 bridgehead atoms. The molecule has 0 fully saturated rings. The molecule has 3 aromatic rings. The fraction of sp³-hybridized carbons (Fsp3) is 0.333. The maximum Gasteiger partial charge on any atom is 0.193 e. The quantitative estimate of drug-likeness (QED) is 0.277. The van der Waals surface area contributed by atoms with Crippen LogP contribution in [-0.2, 0) is 22.8 Å². The first kappa shape index (κ1) is 22.6. The first-order valence-corrected chi connectivity index (χ1v) is 11.4. The lowest BCUT2D eigenvalue weighted by molar-refractivity contribution is 0.602. The highest BCUT2D eigenvalue weighted by atomic mass is 127. The van der Waals surface area contributed by atoms with Crippen molar-refractivity contribution >= 4 is 56.1 Å². The molecular formula is C18H24IN5O2S2. The zero-order valence-electron chi connectivity index (χ0n) is 15.8. The highest BCUT2D eigenvalue weighted by molar-refractivity contribution is 14.0. The number of rotatable bonds is 7. The van der Waals surface area contributed by atoms with Crippen molar-refractivity contribution in [2.75, 3.05) is 19.3 Å². The van der Waals surface area contributed by atoms with Gasteiger partial charge in [-0.3, -0.25) is 4.40 Å². The van der Waals surface area contributed by atoms with E-state index >= 15 is 0 Å². The van der Waals surface area contributed by atoms with E-state index in [-0.39, 0.29) is 24.0 Å². The van der Waals surface area contributed by atoms with E-state index in [1.165, 1.54) is 6.26 Å². The molecule has 28 heavy (non-hydrogen) atoms. The van der Waals surface area contributed by atoms with Gasteiger partial charge in [-0.2, -0.15) is 0 Å². The molecule has 3 rings (SSSR count). The van der Waals surface area contributed by atoms with Gasteiger partial charge in [0, 0.05) is 37.1 Å². The molecule has 0 amide bonds. The monoisotopic (exact) mass is 533 g/mol. The van der Waals surface area contributed by atoms with Crippen LogP contribution in [0, 0.1) is 0 Å². The largest absolute Gasteiger partial charge is 0.357 e. The number of hydrogen-bond donors (Lipinski definition) is 2. The Morgan fingerprint density at radius 3 is 2.64 bits per heavy atom. The summed E-state index contributed by atoms with van der Waals surface area (Å²) in [6.07, 6.45) is 5.96. The van der Waals surface area contributed by atoms with Crippen LogP contribution in [0.4, 0.5) is 0 Å². The number of thiazole rings is 1. The van der Waals surface area contributed by atoms with E-state index in [0.717, 1.165) is 35.1 Å². The van der Waals surface area contributed by atoms with E-state index in [4.69, 9.17) is 0 Å². The molecule has 2 heterocycles. The zero-order valence-corrected chi connectivity index (χ0v) is 19.7. The van der Waals surface area contributed by atoms with E-state index < -0.39 is 9.84 Å². The van der Waals surface area contributed by atoms with Crippen LogP contribution in [0.3, 0.4) is 0 Å². The minimum absolute atomic E-state index is 0. The zero-order chi connectivity index (χ0) is 19.3. The Morgan fingerprint density at radius 2 is 2.00 bits per heavy atom. The number of sulfone groups is 1.